The number of carbonyl (C=O) groups is 1. The number of hydrogen-bond donors (Lipinski definition) is 0. The molecule has 3 aliphatic rings. The van der Waals surface area contributed by atoms with Crippen LogP contribution in [0.2, 0.25) is 0 Å². The van der Waals surface area contributed by atoms with E-state index >= 15 is 0 Å². The summed E-state index contributed by atoms with van der Waals surface area (Å²) >= 11 is 1.83. The predicted molar refractivity (Wildman–Crippen MR) is 100 cm³/mol. The molecule has 1 aromatic heterocycles. The summed E-state index contributed by atoms with van der Waals surface area (Å²) < 4.78 is 5.41. The number of rotatable bonds is 4. The number of anilines is 2. The highest BCUT2D eigenvalue weighted by Crippen LogP contribution is 2.31. The number of aryl methyl sites for hydroxylation is 1. The minimum absolute atomic E-state index is 0.199. The molecule has 0 bridgehead atoms. The normalized spacial score (nSPS) is 21.4. The van der Waals surface area contributed by atoms with Gasteiger partial charge in [0.1, 0.15) is 5.82 Å². The van der Waals surface area contributed by atoms with Gasteiger partial charge in [-0.3, -0.25) is 9.69 Å². The van der Waals surface area contributed by atoms with Crippen molar-refractivity contribution in [2.45, 2.75) is 43.8 Å². The van der Waals surface area contributed by atoms with Crippen LogP contribution in [0.4, 0.5) is 11.8 Å². The molecule has 2 aliphatic heterocycles. The average molecular weight is 362 g/mol. The molecule has 0 spiro atoms. The van der Waals surface area contributed by atoms with E-state index in [1.165, 1.54) is 25.7 Å². The summed E-state index contributed by atoms with van der Waals surface area (Å²) in [5, 5.41) is 0.669. The largest absolute Gasteiger partial charge is 0.378 e. The summed E-state index contributed by atoms with van der Waals surface area (Å²) in [4.78, 5) is 26.2. The monoisotopic (exact) mass is 362 g/mol. The highest BCUT2D eigenvalue weighted by Gasteiger charge is 2.27. The molecule has 1 saturated carbocycles. The zero-order chi connectivity index (χ0) is 17.1. The molecule has 6 nitrogen and oxygen atoms in total. The Hall–Kier alpha value is -1.34. The second-order valence-corrected chi connectivity index (χ2v) is 8.27. The van der Waals surface area contributed by atoms with Crippen molar-refractivity contribution in [3.8, 4) is 0 Å². The van der Waals surface area contributed by atoms with Gasteiger partial charge in [0.25, 0.3) is 0 Å². The Morgan fingerprint density at radius 2 is 2.00 bits per heavy atom. The number of morpholine rings is 1. The number of amides is 1. The Kier molecular flexibility index (Phi) is 5.41. The molecule has 7 heteroatoms. The molecule has 1 saturated heterocycles. The van der Waals surface area contributed by atoms with Gasteiger partial charge in [-0.15, -0.1) is 11.8 Å². The zero-order valence-electron chi connectivity index (χ0n) is 14.7. The van der Waals surface area contributed by atoms with Gasteiger partial charge < -0.3 is 9.64 Å². The molecular formula is C18H26N4O2S. The Labute approximate surface area is 153 Å². The second kappa shape index (κ2) is 7.91. The number of nitrogens with zero attached hydrogens (tertiary/aromatic N) is 4. The maximum absolute atomic E-state index is 12.8. The van der Waals surface area contributed by atoms with Crippen LogP contribution in [0, 0.1) is 0 Å². The van der Waals surface area contributed by atoms with Gasteiger partial charge in [0.2, 0.25) is 11.9 Å². The molecule has 1 amide bonds. The van der Waals surface area contributed by atoms with E-state index in [4.69, 9.17) is 9.72 Å². The van der Waals surface area contributed by atoms with E-state index in [0.29, 0.717) is 24.2 Å². The molecule has 25 heavy (non-hydrogen) atoms. The molecule has 3 heterocycles. The first-order valence-electron chi connectivity index (χ1n) is 9.42. The molecule has 0 atom stereocenters. The van der Waals surface area contributed by atoms with Crippen LogP contribution in [0.3, 0.4) is 0 Å². The minimum atomic E-state index is 0.199. The van der Waals surface area contributed by atoms with Crippen LogP contribution in [0.15, 0.2) is 6.20 Å². The number of carbonyl (C=O) groups excluding carboxylic acids is 1. The number of aromatic nitrogens is 2. The number of hydrogen-bond acceptors (Lipinski definition) is 6. The molecule has 4 rings (SSSR count). The molecule has 0 aromatic carbocycles. The quantitative estimate of drug-likeness (QED) is 0.819. The lowest BCUT2D eigenvalue weighted by molar-refractivity contribution is -0.116. The Bertz CT molecular complexity index is 615. The van der Waals surface area contributed by atoms with Crippen LogP contribution in [0.25, 0.3) is 0 Å². The smallest absolute Gasteiger partial charge is 0.238 e. The predicted octanol–water partition coefficient (Wildman–Crippen LogP) is 2.27. The van der Waals surface area contributed by atoms with Crippen molar-refractivity contribution in [2.75, 3.05) is 48.4 Å². The number of ether oxygens (including phenoxy) is 1. The lowest BCUT2D eigenvalue weighted by Crippen LogP contribution is -2.40. The first-order valence-corrected chi connectivity index (χ1v) is 10.5. The average Bonchev–Trinajstić information content (AvgIpc) is 3.19. The molecule has 1 aromatic rings. The third-order valence-corrected chi connectivity index (χ3v) is 6.61. The lowest BCUT2D eigenvalue weighted by atomic mass is 10.1. The van der Waals surface area contributed by atoms with E-state index in [9.17, 15) is 4.79 Å². The third-order valence-electron chi connectivity index (χ3n) is 5.25. The van der Waals surface area contributed by atoms with Crippen molar-refractivity contribution in [2.24, 2.45) is 0 Å². The lowest BCUT2D eigenvalue weighted by Gasteiger charge is -2.31. The van der Waals surface area contributed by atoms with Crippen molar-refractivity contribution >= 4 is 29.4 Å². The van der Waals surface area contributed by atoms with Gasteiger partial charge in [-0.25, -0.2) is 4.98 Å². The number of thioether (sulfide) groups is 1. The van der Waals surface area contributed by atoms with E-state index < -0.39 is 0 Å². The van der Waals surface area contributed by atoms with Crippen molar-refractivity contribution in [1.82, 2.24) is 9.97 Å². The van der Waals surface area contributed by atoms with Gasteiger partial charge in [-0.2, -0.15) is 4.98 Å². The summed E-state index contributed by atoms with van der Waals surface area (Å²) in [5.74, 6) is 2.33. The zero-order valence-corrected chi connectivity index (χ0v) is 15.5. The van der Waals surface area contributed by atoms with E-state index in [-0.39, 0.29) is 5.91 Å². The van der Waals surface area contributed by atoms with Crippen molar-refractivity contribution in [3.63, 3.8) is 0 Å². The van der Waals surface area contributed by atoms with Gasteiger partial charge in [0.05, 0.1) is 19.0 Å². The van der Waals surface area contributed by atoms with Gasteiger partial charge in [0, 0.05) is 36.6 Å². The summed E-state index contributed by atoms with van der Waals surface area (Å²) in [6, 6.07) is 0. The van der Waals surface area contributed by atoms with Crippen LogP contribution >= 0.6 is 11.8 Å². The van der Waals surface area contributed by atoms with Crippen LogP contribution in [-0.2, 0) is 16.0 Å². The first-order chi connectivity index (χ1) is 12.3. The van der Waals surface area contributed by atoms with E-state index in [2.05, 4.69) is 9.88 Å². The van der Waals surface area contributed by atoms with Crippen molar-refractivity contribution in [1.29, 1.82) is 0 Å². The topological polar surface area (TPSA) is 58.6 Å². The molecule has 2 fully saturated rings. The fourth-order valence-electron chi connectivity index (χ4n) is 3.81. The standard InChI is InChI=1S/C18H26N4O2S/c23-16(13-25-15-5-1-2-6-15)22-7-3-4-14-12-19-18(20-17(14)22)21-8-10-24-11-9-21/h12,15H,1-11,13H2. The van der Waals surface area contributed by atoms with Crippen molar-refractivity contribution in [3.05, 3.63) is 11.8 Å². The van der Waals surface area contributed by atoms with E-state index in [1.807, 2.05) is 22.9 Å². The Morgan fingerprint density at radius 1 is 1.20 bits per heavy atom. The van der Waals surface area contributed by atoms with Crippen LogP contribution in [0.1, 0.15) is 37.7 Å². The van der Waals surface area contributed by atoms with Gasteiger partial charge in [-0.1, -0.05) is 12.8 Å². The maximum Gasteiger partial charge on any atom is 0.238 e. The van der Waals surface area contributed by atoms with Gasteiger partial charge >= 0.3 is 0 Å². The van der Waals surface area contributed by atoms with Crippen LogP contribution in [0.5, 0.6) is 0 Å². The Morgan fingerprint density at radius 3 is 2.80 bits per heavy atom. The second-order valence-electron chi connectivity index (χ2n) is 6.98. The van der Waals surface area contributed by atoms with E-state index in [1.54, 1.807) is 0 Å². The maximum atomic E-state index is 12.8. The molecule has 0 radical (unpaired) electrons. The molecule has 0 N–H and O–H groups in total. The fraction of sp³-hybridized carbons (Fsp3) is 0.722. The molecule has 0 unspecified atom stereocenters. The highest BCUT2D eigenvalue weighted by molar-refractivity contribution is 8.00. The third kappa shape index (κ3) is 3.92. The van der Waals surface area contributed by atoms with Crippen molar-refractivity contribution < 1.29 is 9.53 Å². The van der Waals surface area contributed by atoms with Gasteiger partial charge in [0.15, 0.2) is 0 Å². The molecular weight excluding hydrogens is 336 g/mol. The fourth-order valence-corrected chi connectivity index (χ4v) is 5.01. The number of fused-ring (bicyclic) bond motifs is 1. The summed E-state index contributed by atoms with van der Waals surface area (Å²) in [7, 11) is 0. The minimum Gasteiger partial charge on any atom is -0.378 e. The molecule has 136 valence electrons. The Balaban J connectivity index is 1.48. The van der Waals surface area contributed by atoms with E-state index in [0.717, 1.165) is 49.8 Å². The SMILES string of the molecule is O=C(CSC1CCCC1)N1CCCc2cnc(N3CCOCC3)nc21. The first kappa shape index (κ1) is 17.1. The molecule has 1 aliphatic carbocycles. The summed E-state index contributed by atoms with van der Waals surface area (Å²) in [5.41, 5.74) is 1.10. The summed E-state index contributed by atoms with van der Waals surface area (Å²) in [6.07, 6.45) is 9.01. The highest BCUT2D eigenvalue weighted by atomic mass is 32.2. The van der Waals surface area contributed by atoms with Gasteiger partial charge in [-0.05, 0) is 25.7 Å². The summed E-state index contributed by atoms with van der Waals surface area (Å²) in [6.45, 7) is 3.81. The van der Waals surface area contributed by atoms with Crippen LogP contribution in [-0.4, -0.2) is 59.7 Å². The van der Waals surface area contributed by atoms with Crippen LogP contribution < -0.4 is 9.80 Å².